The van der Waals surface area contributed by atoms with Crippen LogP contribution in [-0.2, 0) is 0 Å². The van der Waals surface area contributed by atoms with Crippen LogP contribution in [0.15, 0.2) is 10.5 Å². The third-order valence-electron chi connectivity index (χ3n) is 5.72. The Morgan fingerprint density at radius 1 is 1.22 bits per heavy atom. The Labute approximate surface area is 109 Å². The molecule has 1 N–H and O–H groups in total. The van der Waals surface area contributed by atoms with E-state index in [4.69, 9.17) is 4.42 Å². The van der Waals surface area contributed by atoms with E-state index in [0.717, 1.165) is 41.2 Å². The van der Waals surface area contributed by atoms with Gasteiger partial charge in [0, 0.05) is 17.6 Å². The second-order valence-corrected chi connectivity index (χ2v) is 6.77. The summed E-state index contributed by atoms with van der Waals surface area (Å²) in [6.45, 7) is 6.40. The van der Waals surface area contributed by atoms with Gasteiger partial charge in [-0.2, -0.15) is 0 Å². The van der Waals surface area contributed by atoms with Crippen LogP contribution in [-0.4, -0.2) is 6.04 Å². The molecular weight excluding hydrogens is 222 g/mol. The molecule has 1 aromatic heterocycles. The number of rotatable bonds is 3. The van der Waals surface area contributed by atoms with E-state index in [2.05, 4.69) is 25.2 Å². The Bertz CT molecular complexity index is 461. The average Bonchev–Trinajstić information content (AvgIpc) is 2.70. The van der Waals surface area contributed by atoms with E-state index < -0.39 is 0 Å². The largest absolute Gasteiger partial charge is 0.466 e. The van der Waals surface area contributed by atoms with Crippen molar-refractivity contribution in [3.8, 4) is 0 Å². The first kappa shape index (κ1) is 11.1. The molecule has 4 rings (SSSR count). The van der Waals surface area contributed by atoms with E-state index in [1.165, 1.54) is 24.8 Å². The SMILES string of the molecule is Cc1cc(C(C)NC2C3C4CCC(C4)C23)c(C)o1. The number of hydrogen-bond donors (Lipinski definition) is 1. The molecule has 5 atom stereocenters. The van der Waals surface area contributed by atoms with Gasteiger partial charge < -0.3 is 9.73 Å². The molecule has 3 saturated carbocycles. The van der Waals surface area contributed by atoms with Crippen molar-refractivity contribution in [1.82, 2.24) is 5.32 Å². The Balaban J connectivity index is 1.46. The molecule has 5 unspecified atom stereocenters. The van der Waals surface area contributed by atoms with E-state index in [0.29, 0.717) is 6.04 Å². The third kappa shape index (κ3) is 1.45. The topological polar surface area (TPSA) is 25.2 Å². The lowest BCUT2D eigenvalue weighted by Gasteiger charge is -2.16. The fourth-order valence-electron chi connectivity index (χ4n) is 5.01. The quantitative estimate of drug-likeness (QED) is 0.880. The summed E-state index contributed by atoms with van der Waals surface area (Å²) in [5, 5.41) is 3.87. The summed E-state index contributed by atoms with van der Waals surface area (Å²) in [6.07, 6.45) is 4.54. The Morgan fingerprint density at radius 2 is 1.89 bits per heavy atom. The second-order valence-electron chi connectivity index (χ2n) is 6.77. The van der Waals surface area contributed by atoms with Gasteiger partial charge in [0.15, 0.2) is 0 Å². The number of nitrogens with one attached hydrogen (secondary N) is 1. The van der Waals surface area contributed by atoms with Gasteiger partial charge in [-0.1, -0.05) is 0 Å². The van der Waals surface area contributed by atoms with Gasteiger partial charge in [-0.3, -0.25) is 0 Å². The lowest BCUT2D eigenvalue weighted by Crippen LogP contribution is -2.26. The summed E-state index contributed by atoms with van der Waals surface area (Å²) in [4.78, 5) is 0. The predicted molar refractivity (Wildman–Crippen MR) is 71.3 cm³/mol. The van der Waals surface area contributed by atoms with Gasteiger partial charge in [0.05, 0.1) is 0 Å². The summed E-state index contributed by atoms with van der Waals surface area (Å²) < 4.78 is 5.65. The van der Waals surface area contributed by atoms with Crippen molar-refractivity contribution in [3.05, 3.63) is 23.2 Å². The zero-order valence-corrected chi connectivity index (χ0v) is 11.6. The Hall–Kier alpha value is -0.760. The van der Waals surface area contributed by atoms with Crippen molar-refractivity contribution in [2.45, 2.75) is 52.1 Å². The maximum atomic E-state index is 5.65. The van der Waals surface area contributed by atoms with Gasteiger partial charge in [0.2, 0.25) is 0 Å². The molecule has 3 aliphatic rings. The minimum absolute atomic E-state index is 0.442. The van der Waals surface area contributed by atoms with Crippen LogP contribution in [0.5, 0.6) is 0 Å². The lowest BCUT2D eigenvalue weighted by molar-refractivity contribution is 0.428. The molecule has 0 radical (unpaired) electrons. The van der Waals surface area contributed by atoms with Crippen LogP contribution in [0.2, 0.25) is 0 Å². The van der Waals surface area contributed by atoms with Gasteiger partial charge >= 0.3 is 0 Å². The highest BCUT2D eigenvalue weighted by Crippen LogP contribution is 2.65. The van der Waals surface area contributed by atoms with Gasteiger partial charge in [0.1, 0.15) is 11.5 Å². The van der Waals surface area contributed by atoms with Gasteiger partial charge in [0.25, 0.3) is 0 Å². The minimum atomic E-state index is 0.442. The van der Waals surface area contributed by atoms with E-state index >= 15 is 0 Å². The zero-order valence-electron chi connectivity index (χ0n) is 11.6. The van der Waals surface area contributed by atoms with Crippen LogP contribution in [0.25, 0.3) is 0 Å². The van der Waals surface area contributed by atoms with Gasteiger partial charge in [-0.05, 0) is 69.8 Å². The standard InChI is InChI=1S/C16H23NO/c1-8-6-13(10(3)18-8)9(2)17-16-14-11-4-5-12(7-11)15(14)16/h6,9,11-12,14-17H,4-5,7H2,1-3H3. The Kier molecular flexibility index (Phi) is 2.24. The molecule has 0 amide bonds. The van der Waals surface area contributed by atoms with Crippen molar-refractivity contribution >= 4 is 0 Å². The van der Waals surface area contributed by atoms with E-state index in [1.807, 2.05) is 6.92 Å². The maximum Gasteiger partial charge on any atom is 0.105 e. The molecule has 3 fully saturated rings. The van der Waals surface area contributed by atoms with E-state index in [9.17, 15) is 0 Å². The summed E-state index contributed by atoms with van der Waals surface area (Å²) in [6, 6.07) is 3.44. The van der Waals surface area contributed by atoms with E-state index in [-0.39, 0.29) is 0 Å². The fraction of sp³-hybridized carbons (Fsp3) is 0.750. The molecule has 0 aromatic carbocycles. The molecule has 18 heavy (non-hydrogen) atoms. The molecule has 2 bridgehead atoms. The molecule has 1 aromatic rings. The molecule has 3 aliphatic carbocycles. The maximum absolute atomic E-state index is 5.65. The second kappa shape index (κ2) is 3.63. The van der Waals surface area contributed by atoms with Gasteiger partial charge in [-0.15, -0.1) is 0 Å². The number of furan rings is 1. The fourth-order valence-corrected chi connectivity index (χ4v) is 5.01. The summed E-state index contributed by atoms with van der Waals surface area (Å²) in [5.41, 5.74) is 1.35. The number of hydrogen-bond acceptors (Lipinski definition) is 2. The monoisotopic (exact) mass is 245 g/mol. The van der Waals surface area contributed by atoms with Crippen molar-refractivity contribution < 1.29 is 4.42 Å². The van der Waals surface area contributed by atoms with Crippen molar-refractivity contribution in [3.63, 3.8) is 0 Å². The zero-order chi connectivity index (χ0) is 12.4. The van der Waals surface area contributed by atoms with E-state index in [1.54, 1.807) is 0 Å². The lowest BCUT2D eigenvalue weighted by atomic mass is 10.0. The van der Waals surface area contributed by atoms with Gasteiger partial charge in [-0.25, -0.2) is 0 Å². The van der Waals surface area contributed by atoms with Crippen LogP contribution >= 0.6 is 0 Å². The predicted octanol–water partition coefficient (Wildman–Crippen LogP) is 3.59. The van der Waals surface area contributed by atoms with Crippen LogP contribution in [0, 0.1) is 37.5 Å². The normalized spacial score (nSPS) is 42.1. The molecule has 2 heteroatoms. The summed E-state index contributed by atoms with van der Waals surface area (Å²) in [5.74, 6) is 6.25. The third-order valence-corrected chi connectivity index (χ3v) is 5.72. The van der Waals surface area contributed by atoms with Crippen LogP contribution < -0.4 is 5.32 Å². The first-order valence-corrected chi connectivity index (χ1v) is 7.48. The molecule has 98 valence electrons. The first-order valence-electron chi connectivity index (χ1n) is 7.48. The Morgan fingerprint density at radius 3 is 2.44 bits per heavy atom. The summed E-state index contributed by atoms with van der Waals surface area (Å²) >= 11 is 0. The highest BCUT2D eigenvalue weighted by molar-refractivity contribution is 5.25. The molecular formula is C16H23NO. The van der Waals surface area contributed by atoms with Crippen LogP contribution in [0.3, 0.4) is 0 Å². The van der Waals surface area contributed by atoms with Crippen molar-refractivity contribution in [2.24, 2.45) is 23.7 Å². The molecule has 0 aliphatic heterocycles. The molecule has 1 heterocycles. The van der Waals surface area contributed by atoms with Crippen LogP contribution in [0.4, 0.5) is 0 Å². The average molecular weight is 245 g/mol. The van der Waals surface area contributed by atoms with Crippen molar-refractivity contribution in [1.29, 1.82) is 0 Å². The molecule has 0 spiro atoms. The first-order chi connectivity index (χ1) is 8.65. The molecule has 2 nitrogen and oxygen atoms in total. The smallest absolute Gasteiger partial charge is 0.105 e. The number of fused-ring (bicyclic) bond motifs is 5. The highest BCUT2D eigenvalue weighted by atomic mass is 16.3. The number of aryl methyl sites for hydroxylation is 2. The molecule has 0 saturated heterocycles. The highest BCUT2D eigenvalue weighted by Gasteiger charge is 2.64. The summed E-state index contributed by atoms with van der Waals surface area (Å²) in [7, 11) is 0. The minimum Gasteiger partial charge on any atom is -0.466 e. The van der Waals surface area contributed by atoms with Crippen LogP contribution in [0.1, 0.15) is 49.3 Å². The van der Waals surface area contributed by atoms with Crippen molar-refractivity contribution in [2.75, 3.05) is 0 Å².